The molecule has 0 bridgehead atoms. The topological polar surface area (TPSA) is 55.1 Å². The van der Waals surface area contributed by atoms with Crippen LogP contribution in [0.25, 0.3) is 0 Å². The van der Waals surface area contributed by atoms with Crippen molar-refractivity contribution >= 4 is 11.6 Å². The van der Waals surface area contributed by atoms with Crippen LogP contribution in [-0.4, -0.2) is 11.9 Å². The van der Waals surface area contributed by atoms with Crippen molar-refractivity contribution in [2.75, 3.05) is 5.32 Å². The van der Waals surface area contributed by atoms with E-state index in [9.17, 15) is 4.79 Å². The molecule has 19 heavy (non-hydrogen) atoms. The van der Waals surface area contributed by atoms with Gasteiger partial charge in [-0.3, -0.25) is 4.79 Å². The van der Waals surface area contributed by atoms with E-state index in [1.54, 1.807) is 0 Å². The number of rotatable bonds is 2. The van der Waals surface area contributed by atoms with Gasteiger partial charge in [0.05, 0.1) is 6.04 Å². The number of amides is 1. The molecule has 0 fully saturated rings. The van der Waals surface area contributed by atoms with Crippen molar-refractivity contribution in [3.05, 3.63) is 29.8 Å². The maximum Gasteiger partial charge on any atom is 0.241 e. The minimum Gasteiger partial charge on any atom is -0.325 e. The summed E-state index contributed by atoms with van der Waals surface area (Å²) in [6, 6.07) is 7.41. The minimum atomic E-state index is -0.519. The summed E-state index contributed by atoms with van der Waals surface area (Å²) in [4.78, 5) is 12.0. The fourth-order valence-corrected chi connectivity index (χ4v) is 1.67. The lowest BCUT2D eigenvalue weighted by atomic mass is 9.86. The number of benzene rings is 1. The lowest BCUT2D eigenvalue weighted by molar-refractivity contribution is -0.119. The molecule has 0 saturated carbocycles. The van der Waals surface area contributed by atoms with Crippen LogP contribution in [0.2, 0.25) is 0 Å². The van der Waals surface area contributed by atoms with Gasteiger partial charge in [-0.05, 0) is 28.5 Å². The molecule has 1 rings (SSSR count). The fourth-order valence-electron chi connectivity index (χ4n) is 1.67. The molecule has 0 aliphatic heterocycles. The summed E-state index contributed by atoms with van der Waals surface area (Å²) in [5.74, 6) is -0.143. The van der Waals surface area contributed by atoms with Crippen LogP contribution in [0.3, 0.4) is 0 Å². The highest BCUT2D eigenvalue weighted by atomic mass is 16.2. The Bertz CT molecular complexity index is 435. The summed E-state index contributed by atoms with van der Waals surface area (Å²) in [6.45, 7) is 12.4. The highest BCUT2D eigenvalue weighted by Crippen LogP contribution is 2.24. The summed E-state index contributed by atoms with van der Waals surface area (Å²) < 4.78 is 0. The van der Waals surface area contributed by atoms with Crippen LogP contribution in [-0.2, 0) is 10.2 Å². The molecule has 0 heterocycles. The van der Waals surface area contributed by atoms with E-state index < -0.39 is 6.04 Å². The number of nitrogens with one attached hydrogen (secondary N) is 1. The number of carbonyl (C=O) groups excluding carboxylic acids is 1. The molecule has 106 valence electrons. The summed E-state index contributed by atoms with van der Waals surface area (Å²) in [7, 11) is 0. The zero-order valence-electron chi connectivity index (χ0n) is 12.9. The molecule has 0 aliphatic carbocycles. The maximum atomic E-state index is 12.0. The standard InChI is InChI=1S/C16H26N2O/c1-15(2,3)11-7-9-12(10-8-11)18-14(19)13(17)16(4,5)6/h7-10,13H,17H2,1-6H3,(H,18,19)/t13-/m0/s1. The van der Waals surface area contributed by atoms with Gasteiger partial charge in [0, 0.05) is 5.69 Å². The fraction of sp³-hybridized carbons (Fsp3) is 0.562. The van der Waals surface area contributed by atoms with E-state index in [2.05, 4.69) is 26.1 Å². The predicted molar refractivity (Wildman–Crippen MR) is 81.2 cm³/mol. The van der Waals surface area contributed by atoms with Gasteiger partial charge in [-0.25, -0.2) is 0 Å². The average Bonchev–Trinajstić information content (AvgIpc) is 2.26. The van der Waals surface area contributed by atoms with Gasteiger partial charge in [-0.15, -0.1) is 0 Å². The third-order valence-electron chi connectivity index (χ3n) is 3.23. The molecular formula is C16H26N2O. The summed E-state index contributed by atoms with van der Waals surface area (Å²) in [6.07, 6.45) is 0. The number of carbonyl (C=O) groups is 1. The number of nitrogens with two attached hydrogens (primary N) is 1. The molecule has 0 radical (unpaired) electrons. The summed E-state index contributed by atoms with van der Waals surface area (Å²) in [5.41, 5.74) is 7.83. The molecule has 1 atom stereocenters. The van der Waals surface area contributed by atoms with Crippen molar-refractivity contribution in [1.29, 1.82) is 0 Å². The molecule has 3 heteroatoms. The second-order valence-corrected chi connectivity index (χ2v) is 7.16. The van der Waals surface area contributed by atoms with Gasteiger partial charge < -0.3 is 11.1 Å². The monoisotopic (exact) mass is 262 g/mol. The van der Waals surface area contributed by atoms with Crippen LogP contribution in [0.5, 0.6) is 0 Å². The highest BCUT2D eigenvalue weighted by Gasteiger charge is 2.27. The number of hydrogen-bond acceptors (Lipinski definition) is 2. The van der Waals surface area contributed by atoms with E-state index in [0.29, 0.717) is 0 Å². The summed E-state index contributed by atoms with van der Waals surface area (Å²) in [5, 5.41) is 2.86. The van der Waals surface area contributed by atoms with E-state index in [-0.39, 0.29) is 16.7 Å². The molecular weight excluding hydrogens is 236 g/mol. The first kappa shape index (κ1) is 15.7. The maximum absolute atomic E-state index is 12.0. The van der Waals surface area contributed by atoms with Gasteiger partial charge in [0.1, 0.15) is 0 Å². The SMILES string of the molecule is CC(C)(C)c1ccc(NC(=O)[C@H](N)C(C)(C)C)cc1. The second-order valence-electron chi connectivity index (χ2n) is 7.16. The van der Waals surface area contributed by atoms with E-state index in [0.717, 1.165) is 5.69 Å². The zero-order chi connectivity index (χ0) is 14.8. The van der Waals surface area contributed by atoms with Crippen molar-refractivity contribution in [2.45, 2.75) is 53.0 Å². The van der Waals surface area contributed by atoms with Gasteiger partial charge in [-0.2, -0.15) is 0 Å². The van der Waals surface area contributed by atoms with Gasteiger partial charge in [0.25, 0.3) is 0 Å². The Morgan fingerprint density at radius 3 is 1.89 bits per heavy atom. The van der Waals surface area contributed by atoms with Crippen molar-refractivity contribution in [1.82, 2.24) is 0 Å². The lowest BCUT2D eigenvalue weighted by Crippen LogP contribution is -2.45. The Balaban J connectivity index is 2.77. The van der Waals surface area contributed by atoms with Gasteiger partial charge in [-0.1, -0.05) is 53.7 Å². The van der Waals surface area contributed by atoms with E-state index >= 15 is 0 Å². The first-order chi connectivity index (χ1) is 8.51. The molecule has 3 nitrogen and oxygen atoms in total. The Labute approximate surface area is 116 Å². The number of anilines is 1. The minimum absolute atomic E-state index is 0.115. The van der Waals surface area contributed by atoms with E-state index in [1.807, 2.05) is 45.0 Å². The largest absolute Gasteiger partial charge is 0.325 e. The quantitative estimate of drug-likeness (QED) is 0.859. The molecule has 1 aromatic rings. The van der Waals surface area contributed by atoms with Crippen molar-refractivity contribution < 1.29 is 4.79 Å². The van der Waals surface area contributed by atoms with Crippen LogP contribution in [0.1, 0.15) is 47.1 Å². The predicted octanol–water partition coefficient (Wildman–Crippen LogP) is 3.30. The van der Waals surface area contributed by atoms with Crippen molar-refractivity contribution in [2.24, 2.45) is 11.1 Å². The van der Waals surface area contributed by atoms with E-state index in [1.165, 1.54) is 5.56 Å². The Morgan fingerprint density at radius 1 is 1.05 bits per heavy atom. The Morgan fingerprint density at radius 2 is 1.53 bits per heavy atom. The second kappa shape index (κ2) is 5.33. The molecule has 0 aromatic heterocycles. The third kappa shape index (κ3) is 4.35. The highest BCUT2D eigenvalue weighted by molar-refractivity contribution is 5.95. The van der Waals surface area contributed by atoms with Gasteiger partial charge in [0.15, 0.2) is 0 Å². The van der Waals surface area contributed by atoms with Crippen LogP contribution < -0.4 is 11.1 Å². The molecule has 0 saturated heterocycles. The molecule has 1 amide bonds. The Kier molecular flexibility index (Phi) is 4.41. The molecule has 3 N–H and O–H groups in total. The zero-order valence-corrected chi connectivity index (χ0v) is 12.9. The smallest absolute Gasteiger partial charge is 0.241 e. The summed E-state index contributed by atoms with van der Waals surface area (Å²) >= 11 is 0. The van der Waals surface area contributed by atoms with Crippen molar-refractivity contribution in [3.63, 3.8) is 0 Å². The molecule has 0 spiro atoms. The van der Waals surface area contributed by atoms with Gasteiger partial charge >= 0.3 is 0 Å². The van der Waals surface area contributed by atoms with Crippen LogP contribution in [0, 0.1) is 5.41 Å². The average molecular weight is 262 g/mol. The lowest BCUT2D eigenvalue weighted by Gasteiger charge is -2.26. The third-order valence-corrected chi connectivity index (χ3v) is 3.23. The first-order valence-electron chi connectivity index (χ1n) is 6.69. The van der Waals surface area contributed by atoms with Crippen LogP contribution in [0.15, 0.2) is 24.3 Å². The molecule has 0 aliphatic rings. The normalized spacial score (nSPS) is 14.1. The molecule has 1 aromatic carbocycles. The van der Waals surface area contributed by atoms with Crippen LogP contribution >= 0.6 is 0 Å². The van der Waals surface area contributed by atoms with Crippen molar-refractivity contribution in [3.8, 4) is 0 Å². The first-order valence-corrected chi connectivity index (χ1v) is 6.69. The van der Waals surface area contributed by atoms with Crippen LogP contribution in [0.4, 0.5) is 5.69 Å². The molecule has 0 unspecified atom stereocenters. The Hall–Kier alpha value is -1.35. The van der Waals surface area contributed by atoms with E-state index in [4.69, 9.17) is 5.73 Å². The van der Waals surface area contributed by atoms with Gasteiger partial charge in [0.2, 0.25) is 5.91 Å². The number of hydrogen-bond donors (Lipinski definition) is 2.